The topological polar surface area (TPSA) is 76.7 Å². The first-order chi connectivity index (χ1) is 10.0. The highest BCUT2D eigenvalue weighted by atomic mass is 16.5. The van der Waals surface area contributed by atoms with Gasteiger partial charge in [0.15, 0.2) is 0 Å². The molecule has 0 unspecified atom stereocenters. The number of amides is 2. The zero-order valence-electron chi connectivity index (χ0n) is 12.7. The molecule has 0 spiro atoms. The van der Waals surface area contributed by atoms with E-state index in [4.69, 9.17) is 9.47 Å². The molecule has 0 radical (unpaired) electrons. The quantitative estimate of drug-likeness (QED) is 0.710. The van der Waals surface area contributed by atoms with Gasteiger partial charge in [0, 0.05) is 31.8 Å². The monoisotopic (exact) mass is 294 g/mol. The van der Waals surface area contributed by atoms with Crippen molar-refractivity contribution >= 4 is 17.5 Å². The first-order valence-electron chi connectivity index (χ1n) is 6.77. The maximum absolute atomic E-state index is 12.0. The number of anilines is 1. The average Bonchev–Trinajstić information content (AvgIpc) is 2.44. The molecule has 0 saturated heterocycles. The minimum absolute atomic E-state index is 0.165. The lowest BCUT2D eigenvalue weighted by atomic mass is 10.1. The Labute approximate surface area is 124 Å². The van der Waals surface area contributed by atoms with Crippen LogP contribution in [0.3, 0.4) is 0 Å². The van der Waals surface area contributed by atoms with Gasteiger partial charge in [0.1, 0.15) is 0 Å². The Morgan fingerprint density at radius 1 is 1.19 bits per heavy atom. The summed E-state index contributed by atoms with van der Waals surface area (Å²) < 4.78 is 10.1. The van der Waals surface area contributed by atoms with Gasteiger partial charge in [-0.05, 0) is 24.6 Å². The van der Waals surface area contributed by atoms with E-state index in [1.54, 1.807) is 25.3 Å². The summed E-state index contributed by atoms with van der Waals surface area (Å²) in [5.41, 5.74) is 2.05. The molecule has 6 nitrogen and oxygen atoms in total. The van der Waals surface area contributed by atoms with Crippen LogP contribution in [0.5, 0.6) is 0 Å². The van der Waals surface area contributed by atoms with Crippen molar-refractivity contribution < 1.29 is 19.1 Å². The number of carbonyl (C=O) groups excluding carboxylic acids is 2. The number of methoxy groups -OCH3 is 1. The number of aryl methyl sites for hydroxylation is 1. The third-order valence-electron chi connectivity index (χ3n) is 2.77. The van der Waals surface area contributed by atoms with Gasteiger partial charge in [0.25, 0.3) is 5.91 Å². The summed E-state index contributed by atoms with van der Waals surface area (Å²) >= 11 is 0. The molecular formula is C15H22N2O4. The van der Waals surface area contributed by atoms with E-state index >= 15 is 0 Å². The van der Waals surface area contributed by atoms with E-state index in [-0.39, 0.29) is 11.8 Å². The lowest BCUT2D eigenvalue weighted by molar-refractivity contribution is -0.114. The number of hydrogen-bond donors (Lipinski definition) is 2. The van der Waals surface area contributed by atoms with Crippen LogP contribution in [0.1, 0.15) is 22.8 Å². The average molecular weight is 294 g/mol. The molecule has 0 aliphatic rings. The van der Waals surface area contributed by atoms with E-state index in [1.165, 1.54) is 6.92 Å². The van der Waals surface area contributed by atoms with E-state index < -0.39 is 0 Å². The third-order valence-corrected chi connectivity index (χ3v) is 2.77. The summed E-state index contributed by atoms with van der Waals surface area (Å²) in [4.78, 5) is 23.1. The van der Waals surface area contributed by atoms with Gasteiger partial charge in [-0.25, -0.2) is 0 Å². The van der Waals surface area contributed by atoms with Gasteiger partial charge < -0.3 is 20.1 Å². The molecule has 0 fully saturated rings. The van der Waals surface area contributed by atoms with Crippen molar-refractivity contribution in [3.63, 3.8) is 0 Å². The fourth-order valence-electron chi connectivity index (χ4n) is 1.67. The zero-order chi connectivity index (χ0) is 15.7. The SMILES string of the molecule is COCCOCCNC(=O)c1ccc(C)c(NC(C)=O)c1. The van der Waals surface area contributed by atoms with Crippen molar-refractivity contribution in [3.8, 4) is 0 Å². The van der Waals surface area contributed by atoms with Crippen LogP contribution >= 0.6 is 0 Å². The van der Waals surface area contributed by atoms with Gasteiger partial charge in [-0.2, -0.15) is 0 Å². The highest BCUT2D eigenvalue weighted by Gasteiger charge is 2.08. The smallest absolute Gasteiger partial charge is 0.251 e. The Morgan fingerprint density at radius 3 is 2.62 bits per heavy atom. The van der Waals surface area contributed by atoms with Crippen LogP contribution in [-0.4, -0.2) is 45.3 Å². The number of hydrogen-bond acceptors (Lipinski definition) is 4. The van der Waals surface area contributed by atoms with Crippen molar-refractivity contribution in [2.24, 2.45) is 0 Å². The van der Waals surface area contributed by atoms with Gasteiger partial charge >= 0.3 is 0 Å². The molecule has 1 rings (SSSR count). The van der Waals surface area contributed by atoms with Crippen LogP contribution in [0.4, 0.5) is 5.69 Å². The van der Waals surface area contributed by atoms with Crippen molar-refractivity contribution in [3.05, 3.63) is 29.3 Å². The van der Waals surface area contributed by atoms with E-state index in [2.05, 4.69) is 10.6 Å². The Bertz CT molecular complexity index is 489. The maximum atomic E-state index is 12.0. The van der Waals surface area contributed by atoms with E-state index in [1.807, 2.05) is 6.92 Å². The molecule has 0 saturated carbocycles. The molecule has 6 heteroatoms. The lowest BCUT2D eigenvalue weighted by Gasteiger charge is -2.10. The summed E-state index contributed by atoms with van der Waals surface area (Å²) in [6, 6.07) is 5.19. The van der Waals surface area contributed by atoms with Gasteiger partial charge in [0.2, 0.25) is 5.91 Å². The van der Waals surface area contributed by atoms with Crippen LogP contribution in [0, 0.1) is 6.92 Å². The number of ether oxygens (including phenoxy) is 2. The molecule has 1 aromatic carbocycles. The molecule has 2 N–H and O–H groups in total. The van der Waals surface area contributed by atoms with Gasteiger partial charge in [-0.15, -0.1) is 0 Å². The highest BCUT2D eigenvalue weighted by molar-refractivity contribution is 5.97. The normalized spacial score (nSPS) is 10.2. The summed E-state index contributed by atoms with van der Waals surface area (Å²) in [5, 5.41) is 5.46. The molecular weight excluding hydrogens is 272 g/mol. The Morgan fingerprint density at radius 2 is 1.95 bits per heavy atom. The lowest BCUT2D eigenvalue weighted by Crippen LogP contribution is -2.27. The zero-order valence-corrected chi connectivity index (χ0v) is 12.7. The van der Waals surface area contributed by atoms with Crippen LogP contribution in [0.15, 0.2) is 18.2 Å². The summed E-state index contributed by atoms with van der Waals surface area (Å²) in [5.74, 6) is -0.362. The van der Waals surface area contributed by atoms with Gasteiger partial charge in [0.05, 0.1) is 19.8 Å². The predicted octanol–water partition coefficient (Wildman–Crippen LogP) is 1.35. The molecule has 0 heterocycles. The highest BCUT2D eigenvalue weighted by Crippen LogP contribution is 2.16. The van der Waals surface area contributed by atoms with E-state index in [0.29, 0.717) is 37.6 Å². The second-order valence-corrected chi connectivity index (χ2v) is 4.57. The molecule has 21 heavy (non-hydrogen) atoms. The number of rotatable bonds is 8. The second kappa shape index (κ2) is 9.10. The first kappa shape index (κ1) is 17.1. The van der Waals surface area contributed by atoms with Crippen molar-refractivity contribution in [1.82, 2.24) is 5.32 Å². The fourth-order valence-corrected chi connectivity index (χ4v) is 1.67. The maximum Gasteiger partial charge on any atom is 0.251 e. The Hall–Kier alpha value is -1.92. The minimum Gasteiger partial charge on any atom is -0.382 e. The van der Waals surface area contributed by atoms with Crippen LogP contribution in [-0.2, 0) is 14.3 Å². The second-order valence-electron chi connectivity index (χ2n) is 4.57. The summed E-state index contributed by atoms with van der Waals surface area (Å²) in [6.07, 6.45) is 0. The Balaban J connectivity index is 2.48. The number of benzene rings is 1. The van der Waals surface area contributed by atoms with Crippen LogP contribution in [0.2, 0.25) is 0 Å². The van der Waals surface area contributed by atoms with Gasteiger partial charge in [-0.1, -0.05) is 6.07 Å². The van der Waals surface area contributed by atoms with E-state index in [0.717, 1.165) is 5.56 Å². The minimum atomic E-state index is -0.197. The number of carbonyl (C=O) groups is 2. The van der Waals surface area contributed by atoms with E-state index in [9.17, 15) is 9.59 Å². The number of nitrogens with one attached hydrogen (secondary N) is 2. The van der Waals surface area contributed by atoms with Crippen molar-refractivity contribution in [1.29, 1.82) is 0 Å². The van der Waals surface area contributed by atoms with Crippen LogP contribution in [0.25, 0.3) is 0 Å². The first-order valence-corrected chi connectivity index (χ1v) is 6.77. The predicted molar refractivity (Wildman–Crippen MR) is 80.5 cm³/mol. The largest absolute Gasteiger partial charge is 0.382 e. The standard InChI is InChI=1S/C15H22N2O4/c1-11-4-5-13(10-14(11)17-12(2)18)15(19)16-6-7-21-9-8-20-3/h4-5,10H,6-9H2,1-3H3,(H,16,19)(H,17,18). The molecule has 0 aliphatic heterocycles. The van der Waals surface area contributed by atoms with Crippen molar-refractivity contribution in [2.75, 3.05) is 38.8 Å². The summed E-state index contributed by atoms with van der Waals surface area (Å²) in [6.45, 7) is 5.20. The van der Waals surface area contributed by atoms with Gasteiger partial charge in [-0.3, -0.25) is 9.59 Å². The third kappa shape index (κ3) is 6.37. The molecule has 116 valence electrons. The molecule has 2 amide bonds. The summed E-state index contributed by atoms with van der Waals surface area (Å²) in [7, 11) is 1.61. The molecule has 0 aliphatic carbocycles. The Kier molecular flexibility index (Phi) is 7.42. The molecule has 0 aromatic heterocycles. The molecule has 1 aromatic rings. The van der Waals surface area contributed by atoms with Crippen LogP contribution < -0.4 is 10.6 Å². The molecule has 0 atom stereocenters. The van der Waals surface area contributed by atoms with Crippen molar-refractivity contribution in [2.45, 2.75) is 13.8 Å². The fraction of sp³-hybridized carbons (Fsp3) is 0.467. The molecule has 0 bridgehead atoms.